The quantitative estimate of drug-likeness (QED) is 0.587. The first-order valence-electron chi connectivity index (χ1n) is 7.06. The fourth-order valence-electron chi connectivity index (χ4n) is 2.57. The lowest BCUT2D eigenvalue weighted by Gasteiger charge is -2.39. The Morgan fingerprint density at radius 3 is 2.70 bits per heavy atom. The fraction of sp³-hybridized carbons (Fsp3) is 0.400. The number of alkyl halides is 1. The molecule has 0 spiro atoms. The molecule has 1 aromatic carbocycles. The van der Waals surface area contributed by atoms with E-state index in [0.717, 1.165) is 0 Å². The molecule has 8 heteroatoms. The minimum Gasteiger partial charge on any atom is -0.423 e. The van der Waals surface area contributed by atoms with Gasteiger partial charge in [-0.15, -0.1) is 0 Å². The Labute approximate surface area is 129 Å². The number of benzene rings is 1. The van der Waals surface area contributed by atoms with Crippen LogP contribution in [0.5, 0.6) is 0 Å². The van der Waals surface area contributed by atoms with Crippen molar-refractivity contribution in [2.24, 2.45) is 0 Å². The molecule has 2 heterocycles. The summed E-state index contributed by atoms with van der Waals surface area (Å²) in [7, 11) is 0. The molecule has 1 aromatic heterocycles. The largest absolute Gasteiger partial charge is 0.423 e. The SMILES string of the molecule is O=c1ccc2ccc(NC3C(O)OC(CO)[C@@H](F)C3O)cc2o1. The van der Waals surface area contributed by atoms with Crippen molar-refractivity contribution >= 4 is 16.7 Å². The van der Waals surface area contributed by atoms with Gasteiger partial charge in [0.25, 0.3) is 0 Å². The van der Waals surface area contributed by atoms with E-state index in [0.29, 0.717) is 16.7 Å². The molecule has 0 radical (unpaired) electrons. The van der Waals surface area contributed by atoms with Gasteiger partial charge in [-0.25, -0.2) is 9.18 Å². The Bertz CT molecular complexity index is 750. The van der Waals surface area contributed by atoms with Gasteiger partial charge in [-0.2, -0.15) is 0 Å². The van der Waals surface area contributed by atoms with Crippen LogP contribution < -0.4 is 10.9 Å². The molecule has 0 aliphatic carbocycles. The molecule has 1 fully saturated rings. The van der Waals surface area contributed by atoms with Gasteiger partial charge >= 0.3 is 5.63 Å². The van der Waals surface area contributed by atoms with Gasteiger partial charge in [-0.3, -0.25) is 0 Å². The first-order chi connectivity index (χ1) is 11.0. The van der Waals surface area contributed by atoms with Gasteiger partial charge in [0.05, 0.1) is 6.61 Å². The Hall–Kier alpha value is -2.00. The summed E-state index contributed by atoms with van der Waals surface area (Å²) >= 11 is 0. The minimum absolute atomic E-state index is 0.313. The third-order valence-electron chi connectivity index (χ3n) is 3.81. The molecule has 5 atom stereocenters. The predicted molar refractivity (Wildman–Crippen MR) is 78.8 cm³/mol. The molecule has 7 nitrogen and oxygen atoms in total. The smallest absolute Gasteiger partial charge is 0.336 e. The molecule has 1 saturated heterocycles. The zero-order chi connectivity index (χ0) is 16.6. The highest BCUT2D eigenvalue weighted by Crippen LogP contribution is 2.26. The van der Waals surface area contributed by atoms with Gasteiger partial charge in [0.1, 0.15) is 23.8 Å². The Morgan fingerprint density at radius 1 is 1.22 bits per heavy atom. The Morgan fingerprint density at radius 2 is 1.96 bits per heavy atom. The maximum atomic E-state index is 13.9. The van der Waals surface area contributed by atoms with E-state index >= 15 is 0 Å². The van der Waals surface area contributed by atoms with Crippen LogP contribution in [0.3, 0.4) is 0 Å². The summed E-state index contributed by atoms with van der Waals surface area (Å²) in [5, 5.41) is 32.3. The topological polar surface area (TPSA) is 112 Å². The van der Waals surface area contributed by atoms with Gasteiger partial charge in [0.15, 0.2) is 12.5 Å². The van der Waals surface area contributed by atoms with E-state index in [9.17, 15) is 19.4 Å². The van der Waals surface area contributed by atoms with Gasteiger partial charge in [0, 0.05) is 23.2 Å². The number of rotatable bonds is 3. The van der Waals surface area contributed by atoms with Crippen molar-refractivity contribution in [3.8, 4) is 0 Å². The third kappa shape index (κ3) is 3.06. The number of ether oxygens (including phenoxy) is 1. The zero-order valence-electron chi connectivity index (χ0n) is 11.9. The van der Waals surface area contributed by atoms with Crippen molar-refractivity contribution in [1.29, 1.82) is 0 Å². The normalized spacial score (nSPS) is 31.2. The molecule has 0 amide bonds. The highest BCUT2D eigenvalue weighted by atomic mass is 19.1. The maximum absolute atomic E-state index is 13.9. The summed E-state index contributed by atoms with van der Waals surface area (Å²) < 4.78 is 23.9. The van der Waals surface area contributed by atoms with Crippen LogP contribution >= 0.6 is 0 Å². The first kappa shape index (κ1) is 15.9. The molecule has 4 unspecified atom stereocenters. The van der Waals surface area contributed by atoms with Gasteiger partial charge in [-0.1, -0.05) is 0 Å². The van der Waals surface area contributed by atoms with E-state index in [4.69, 9.17) is 14.3 Å². The number of halogens is 1. The van der Waals surface area contributed by atoms with Crippen molar-refractivity contribution in [2.45, 2.75) is 30.7 Å². The number of aliphatic hydroxyl groups is 3. The van der Waals surface area contributed by atoms with E-state index in [1.807, 2.05) is 0 Å². The van der Waals surface area contributed by atoms with Crippen LogP contribution in [0.2, 0.25) is 0 Å². The molecular formula is C15H16FNO6. The highest BCUT2D eigenvalue weighted by Gasteiger charge is 2.44. The molecule has 0 bridgehead atoms. The molecule has 1 aliphatic rings. The van der Waals surface area contributed by atoms with Crippen LogP contribution in [0.1, 0.15) is 0 Å². The number of hydrogen-bond acceptors (Lipinski definition) is 7. The minimum atomic E-state index is -1.85. The van der Waals surface area contributed by atoms with E-state index in [1.165, 1.54) is 12.1 Å². The lowest BCUT2D eigenvalue weighted by Crippen LogP contribution is -2.59. The first-order valence-corrected chi connectivity index (χ1v) is 7.06. The monoisotopic (exact) mass is 325 g/mol. The molecule has 124 valence electrons. The maximum Gasteiger partial charge on any atom is 0.336 e. The lowest BCUT2D eigenvalue weighted by atomic mass is 9.98. The van der Waals surface area contributed by atoms with Crippen molar-refractivity contribution in [2.75, 3.05) is 11.9 Å². The molecular weight excluding hydrogens is 309 g/mol. The summed E-state index contributed by atoms with van der Waals surface area (Å²) in [5.74, 6) is 0. The number of fused-ring (bicyclic) bond motifs is 1. The van der Waals surface area contributed by atoms with Crippen molar-refractivity contribution < 1.29 is 28.9 Å². The summed E-state index contributed by atoms with van der Waals surface area (Å²) in [6.07, 6.45) is -6.21. The van der Waals surface area contributed by atoms with E-state index < -0.39 is 42.9 Å². The van der Waals surface area contributed by atoms with E-state index in [2.05, 4.69) is 5.32 Å². The van der Waals surface area contributed by atoms with Gasteiger partial charge in [0.2, 0.25) is 0 Å². The molecule has 2 aromatic rings. The van der Waals surface area contributed by atoms with Crippen LogP contribution in [-0.2, 0) is 4.74 Å². The van der Waals surface area contributed by atoms with Crippen LogP contribution in [0.4, 0.5) is 10.1 Å². The van der Waals surface area contributed by atoms with Crippen molar-refractivity contribution in [3.05, 3.63) is 40.8 Å². The Balaban J connectivity index is 1.84. The summed E-state index contributed by atoms with van der Waals surface area (Å²) in [5.41, 5.74) is 0.215. The van der Waals surface area contributed by atoms with Gasteiger partial charge in [-0.05, 0) is 18.2 Å². The number of nitrogens with one attached hydrogen (secondary N) is 1. The molecule has 1 aliphatic heterocycles. The van der Waals surface area contributed by atoms with Crippen molar-refractivity contribution in [3.63, 3.8) is 0 Å². The average Bonchev–Trinajstić information content (AvgIpc) is 2.54. The highest BCUT2D eigenvalue weighted by molar-refractivity contribution is 5.80. The molecule has 0 saturated carbocycles. The van der Waals surface area contributed by atoms with Crippen LogP contribution in [0, 0.1) is 0 Å². The van der Waals surface area contributed by atoms with E-state index in [1.54, 1.807) is 18.2 Å². The second-order valence-electron chi connectivity index (χ2n) is 5.36. The third-order valence-corrected chi connectivity index (χ3v) is 3.81. The molecule has 23 heavy (non-hydrogen) atoms. The Kier molecular flexibility index (Phi) is 4.31. The van der Waals surface area contributed by atoms with Crippen LogP contribution in [-0.4, -0.2) is 52.6 Å². The molecule has 3 rings (SSSR count). The van der Waals surface area contributed by atoms with Crippen molar-refractivity contribution in [1.82, 2.24) is 0 Å². The number of anilines is 1. The second-order valence-corrected chi connectivity index (χ2v) is 5.36. The number of hydrogen-bond donors (Lipinski definition) is 4. The summed E-state index contributed by atoms with van der Waals surface area (Å²) in [6, 6.07) is 6.56. The number of aliphatic hydroxyl groups excluding tert-OH is 3. The average molecular weight is 325 g/mol. The fourth-order valence-corrected chi connectivity index (χ4v) is 2.57. The summed E-state index contributed by atoms with van der Waals surface area (Å²) in [4.78, 5) is 11.2. The predicted octanol–water partition coefficient (Wildman–Crippen LogP) is -0.0180. The molecule has 4 N–H and O–H groups in total. The summed E-state index contributed by atoms with van der Waals surface area (Å²) in [6.45, 7) is -0.650. The second kappa shape index (κ2) is 6.25. The standard InChI is InChI=1S/C15H16FNO6/c16-12-10(6-18)23-15(21)13(14(12)20)17-8-3-1-7-2-4-11(19)22-9(7)5-8/h1-5,10,12-15,17-18,20-21H,6H2/t10?,12-,13?,14?,15?/m1/s1. The van der Waals surface area contributed by atoms with Gasteiger partial charge < -0.3 is 29.8 Å². The van der Waals surface area contributed by atoms with Crippen LogP contribution in [0.15, 0.2) is 39.5 Å². The van der Waals surface area contributed by atoms with E-state index in [-0.39, 0.29) is 0 Å². The zero-order valence-corrected chi connectivity index (χ0v) is 11.9. The lowest BCUT2D eigenvalue weighted by molar-refractivity contribution is -0.230. The van der Waals surface area contributed by atoms with Crippen LogP contribution in [0.25, 0.3) is 11.0 Å².